The van der Waals surface area contributed by atoms with Gasteiger partial charge in [-0.1, -0.05) is 24.3 Å². The summed E-state index contributed by atoms with van der Waals surface area (Å²) in [5.74, 6) is -2.35. The van der Waals surface area contributed by atoms with Crippen molar-refractivity contribution in [2.75, 3.05) is 25.5 Å². The molecule has 3 rings (SSSR count). The molecule has 0 spiro atoms. The Morgan fingerprint density at radius 3 is 2.21 bits per heavy atom. The highest BCUT2D eigenvalue weighted by atomic mass is 19.3. The second kappa shape index (κ2) is 8.24. The molecule has 6 nitrogen and oxygen atoms in total. The molecule has 0 unspecified atom stereocenters. The first-order valence-electron chi connectivity index (χ1n) is 8.77. The van der Waals surface area contributed by atoms with E-state index in [1.165, 1.54) is 0 Å². The van der Waals surface area contributed by atoms with Crippen LogP contribution < -0.4 is 15.4 Å². The van der Waals surface area contributed by atoms with Gasteiger partial charge >= 0.3 is 6.03 Å². The Morgan fingerprint density at radius 2 is 1.64 bits per heavy atom. The van der Waals surface area contributed by atoms with E-state index in [1.807, 2.05) is 24.3 Å². The second-order valence-corrected chi connectivity index (χ2v) is 6.64. The van der Waals surface area contributed by atoms with Gasteiger partial charge in [0.25, 0.3) is 5.92 Å². The Kier molecular flexibility index (Phi) is 5.77. The van der Waals surface area contributed by atoms with Crippen LogP contribution in [0.4, 0.5) is 19.3 Å². The number of alkyl halides is 2. The molecule has 2 aromatic rings. The lowest BCUT2D eigenvalue weighted by molar-refractivity contribution is -0.165. The maximum Gasteiger partial charge on any atom is 0.319 e. The molecule has 2 aromatic carbocycles. The van der Waals surface area contributed by atoms with E-state index in [4.69, 9.17) is 4.74 Å². The Labute approximate surface area is 161 Å². The summed E-state index contributed by atoms with van der Waals surface area (Å²) in [5, 5.41) is 5.45. The summed E-state index contributed by atoms with van der Waals surface area (Å²) in [4.78, 5) is 25.0. The molecule has 1 saturated heterocycles. The van der Waals surface area contributed by atoms with E-state index in [9.17, 15) is 18.4 Å². The highest BCUT2D eigenvalue weighted by molar-refractivity contribution is 5.89. The monoisotopic (exact) mass is 389 g/mol. The number of hydrogen-bond donors (Lipinski definition) is 2. The third kappa shape index (κ3) is 5.18. The summed E-state index contributed by atoms with van der Waals surface area (Å²) >= 11 is 0. The number of hydrogen-bond acceptors (Lipinski definition) is 3. The van der Waals surface area contributed by atoms with E-state index in [2.05, 4.69) is 10.6 Å². The third-order valence-corrected chi connectivity index (χ3v) is 4.38. The zero-order chi connectivity index (χ0) is 20.1. The largest absolute Gasteiger partial charge is 0.497 e. The number of carbonyl (C=O) groups is 2. The molecular weight excluding hydrogens is 368 g/mol. The SMILES string of the molecule is COc1ccc(CNC(=O)Nc2ccc(CC(=O)N3CC(F)(F)C3)cc2)cc1. The fourth-order valence-corrected chi connectivity index (χ4v) is 2.78. The molecule has 2 N–H and O–H groups in total. The first kappa shape index (κ1) is 19.6. The van der Waals surface area contributed by atoms with Gasteiger partial charge in [0.15, 0.2) is 0 Å². The van der Waals surface area contributed by atoms with Crippen molar-refractivity contribution in [2.45, 2.75) is 18.9 Å². The number of benzene rings is 2. The van der Waals surface area contributed by atoms with Crippen molar-refractivity contribution in [3.63, 3.8) is 0 Å². The maximum absolute atomic E-state index is 12.8. The normalized spacial score (nSPS) is 14.8. The van der Waals surface area contributed by atoms with E-state index in [0.717, 1.165) is 16.2 Å². The minimum Gasteiger partial charge on any atom is -0.497 e. The molecule has 0 atom stereocenters. The lowest BCUT2D eigenvalue weighted by atomic mass is 10.1. The fourth-order valence-electron chi connectivity index (χ4n) is 2.78. The van der Waals surface area contributed by atoms with Crippen LogP contribution >= 0.6 is 0 Å². The summed E-state index contributed by atoms with van der Waals surface area (Å²) in [6.45, 7) is -0.664. The lowest BCUT2D eigenvalue weighted by Crippen LogP contribution is -2.58. The molecule has 1 heterocycles. The average Bonchev–Trinajstić information content (AvgIpc) is 2.66. The van der Waals surface area contributed by atoms with Gasteiger partial charge in [-0.25, -0.2) is 13.6 Å². The summed E-state index contributed by atoms with van der Waals surface area (Å²) in [6.07, 6.45) is 0.0556. The number of urea groups is 1. The lowest BCUT2D eigenvalue weighted by Gasteiger charge is -2.38. The van der Waals surface area contributed by atoms with E-state index < -0.39 is 19.0 Å². The minimum atomic E-state index is -2.76. The predicted molar refractivity (Wildman–Crippen MR) is 101 cm³/mol. The molecular formula is C20H21F2N3O3. The van der Waals surface area contributed by atoms with Gasteiger partial charge in [0.2, 0.25) is 5.91 Å². The number of nitrogens with zero attached hydrogens (tertiary/aromatic N) is 1. The highest BCUT2D eigenvalue weighted by Crippen LogP contribution is 2.27. The van der Waals surface area contributed by atoms with Crippen molar-refractivity contribution in [2.24, 2.45) is 0 Å². The first-order chi connectivity index (χ1) is 13.3. The van der Waals surface area contributed by atoms with Gasteiger partial charge in [-0.3, -0.25) is 4.79 Å². The van der Waals surface area contributed by atoms with E-state index >= 15 is 0 Å². The number of methoxy groups -OCH3 is 1. The van der Waals surface area contributed by atoms with Gasteiger partial charge in [0.05, 0.1) is 26.6 Å². The standard InChI is InChI=1S/C20H21F2N3O3/c1-28-17-8-4-15(5-9-17)11-23-19(27)24-16-6-2-14(3-7-16)10-18(26)25-12-20(21,22)13-25/h2-9H,10-13H2,1H3,(H2,23,24,27). The number of halogens is 2. The molecule has 0 aromatic heterocycles. The quantitative estimate of drug-likeness (QED) is 0.798. The molecule has 0 aliphatic carbocycles. The van der Waals surface area contributed by atoms with Crippen LogP contribution in [0.25, 0.3) is 0 Å². The predicted octanol–water partition coefficient (Wildman–Crippen LogP) is 3.04. The van der Waals surface area contributed by atoms with Crippen LogP contribution in [-0.4, -0.2) is 43.0 Å². The van der Waals surface area contributed by atoms with E-state index in [1.54, 1.807) is 31.4 Å². The molecule has 3 amide bonds. The highest BCUT2D eigenvalue weighted by Gasteiger charge is 2.45. The van der Waals surface area contributed by atoms with Crippen molar-refractivity contribution in [3.05, 3.63) is 59.7 Å². The van der Waals surface area contributed by atoms with Gasteiger partial charge in [0.1, 0.15) is 5.75 Å². The van der Waals surface area contributed by atoms with Crippen molar-refractivity contribution < 1.29 is 23.1 Å². The Balaban J connectivity index is 1.44. The molecule has 0 bridgehead atoms. The molecule has 0 radical (unpaired) electrons. The first-order valence-corrected chi connectivity index (χ1v) is 8.77. The van der Waals surface area contributed by atoms with E-state index in [0.29, 0.717) is 17.8 Å². The molecule has 1 aliphatic rings. The zero-order valence-corrected chi connectivity index (χ0v) is 15.4. The topological polar surface area (TPSA) is 70.7 Å². The molecule has 1 aliphatic heterocycles. The van der Waals surface area contributed by atoms with Crippen LogP contribution in [0.5, 0.6) is 5.75 Å². The number of likely N-dealkylation sites (tertiary alicyclic amines) is 1. The Hall–Kier alpha value is -3.16. The van der Waals surface area contributed by atoms with Crippen LogP contribution in [0.2, 0.25) is 0 Å². The number of ether oxygens (including phenoxy) is 1. The van der Waals surface area contributed by atoms with Crippen LogP contribution in [-0.2, 0) is 17.8 Å². The number of amides is 3. The summed E-state index contributed by atoms with van der Waals surface area (Å²) in [6, 6.07) is 13.7. The molecule has 1 fully saturated rings. The fraction of sp³-hybridized carbons (Fsp3) is 0.300. The second-order valence-electron chi connectivity index (χ2n) is 6.64. The average molecular weight is 389 g/mol. The smallest absolute Gasteiger partial charge is 0.319 e. The number of rotatable bonds is 6. The van der Waals surface area contributed by atoms with Gasteiger partial charge in [-0.15, -0.1) is 0 Å². The molecule has 28 heavy (non-hydrogen) atoms. The summed E-state index contributed by atoms with van der Waals surface area (Å²) in [5.41, 5.74) is 2.20. The van der Waals surface area contributed by atoms with Gasteiger partial charge in [-0.05, 0) is 35.4 Å². The maximum atomic E-state index is 12.8. The Bertz CT molecular complexity index is 831. The Morgan fingerprint density at radius 1 is 1.04 bits per heavy atom. The van der Waals surface area contributed by atoms with Crippen LogP contribution in [0, 0.1) is 0 Å². The molecule has 148 valence electrons. The van der Waals surface area contributed by atoms with Gasteiger partial charge < -0.3 is 20.3 Å². The van der Waals surface area contributed by atoms with E-state index in [-0.39, 0.29) is 18.4 Å². The molecule has 8 heteroatoms. The van der Waals surface area contributed by atoms with Crippen LogP contribution in [0.3, 0.4) is 0 Å². The summed E-state index contributed by atoms with van der Waals surface area (Å²) in [7, 11) is 1.59. The minimum absolute atomic E-state index is 0.0556. The van der Waals surface area contributed by atoms with Gasteiger partial charge in [-0.2, -0.15) is 0 Å². The van der Waals surface area contributed by atoms with Crippen molar-refractivity contribution in [1.29, 1.82) is 0 Å². The number of carbonyl (C=O) groups excluding carboxylic acids is 2. The number of anilines is 1. The van der Waals surface area contributed by atoms with Crippen molar-refractivity contribution in [1.82, 2.24) is 10.2 Å². The zero-order valence-electron chi connectivity index (χ0n) is 15.4. The van der Waals surface area contributed by atoms with Crippen LogP contribution in [0.1, 0.15) is 11.1 Å². The number of nitrogens with one attached hydrogen (secondary N) is 2. The molecule has 0 saturated carbocycles. The van der Waals surface area contributed by atoms with Gasteiger partial charge in [0, 0.05) is 12.2 Å². The van der Waals surface area contributed by atoms with Crippen LogP contribution in [0.15, 0.2) is 48.5 Å². The van der Waals surface area contributed by atoms with Crippen molar-refractivity contribution >= 4 is 17.6 Å². The third-order valence-electron chi connectivity index (χ3n) is 4.38. The summed E-state index contributed by atoms with van der Waals surface area (Å²) < 4.78 is 30.7. The van der Waals surface area contributed by atoms with Crippen molar-refractivity contribution in [3.8, 4) is 5.75 Å².